The van der Waals surface area contributed by atoms with Crippen molar-refractivity contribution < 1.29 is 39.5 Å². The number of benzene rings is 1. The molecule has 0 saturated carbocycles. The van der Waals surface area contributed by atoms with Crippen molar-refractivity contribution in [1.82, 2.24) is 0 Å². The van der Waals surface area contributed by atoms with Gasteiger partial charge >= 0.3 is 29.6 Å². The van der Waals surface area contributed by atoms with Crippen molar-refractivity contribution in [2.45, 2.75) is 20.3 Å². The van der Waals surface area contributed by atoms with Gasteiger partial charge in [0.15, 0.2) is 0 Å². The zero-order valence-electron chi connectivity index (χ0n) is 8.26. The maximum Gasteiger partial charge on any atom is 1.00 e. The number of carbonyl (C=O) groups excluding carboxylic acids is 1. The van der Waals surface area contributed by atoms with Gasteiger partial charge in [-0.25, -0.2) is 0 Å². The van der Waals surface area contributed by atoms with Gasteiger partial charge < -0.3 is 9.90 Å². The van der Waals surface area contributed by atoms with Crippen molar-refractivity contribution in [2.24, 2.45) is 0 Å². The summed E-state index contributed by atoms with van der Waals surface area (Å²) in [5.74, 6) is -1.02. The Bertz CT molecular complexity index is 308. The molecule has 0 aliphatic heterocycles. The van der Waals surface area contributed by atoms with Crippen LogP contribution in [0.5, 0.6) is 0 Å². The molecule has 0 heterocycles. The summed E-state index contributed by atoms with van der Waals surface area (Å²) >= 11 is 0. The summed E-state index contributed by atoms with van der Waals surface area (Å²) in [7, 11) is 0. The third-order valence-electron chi connectivity index (χ3n) is 1.84. The van der Waals surface area contributed by atoms with E-state index in [1.807, 2.05) is 32.0 Å². The minimum Gasteiger partial charge on any atom is -0.550 e. The zero-order valence-corrected chi connectivity index (χ0v) is 10.3. The molecule has 0 aromatic heterocycles. The Morgan fingerprint density at radius 3 is 2.54 bits per heavy atom. The van der Waals surface area contributed by atoms with Crippen molar-refractivity contribution in [3.63, 3.8) is 0 Å². The van der Waals surface area contributed by atoms with Gasteiger partial charge in [-0.1, -0.05) is 23.8 Å². The van der Waals surface area contributed by atoms with Crippen LogP contribution in [0.25, 0.3) is 0 Å². The SMILES string of the molecule is Cc1ccc(C)c(CC(=O)[O-])c1.[Na+]. The summed E-state index contributed by atoms with van der Waals surface area (Å²) in [5, 5.41) is 10.3. The minimum absolute atomic E-state index is 0. The van der Waals surface area contributed by atoms with E-state index in [4.69, 9.17) is 0 Å². The van der Waals surface area contributed by atoms with Gasteiger partial charge in [-0.15, -0.1) is 0 Å². The van der Waals surface area contributed by atoms with Gasteiger partial charge in [0.1, 0.15) is 0 Å². The van der Waals surface area contributed by atoms with Gasteiger partial charge in [0.2, 0.25) is 0 Å². The van der Waals surface area contributed by atoms with Crippen LogP contribution < -0.4 is 34.7 Å². The molecule has 0 aliphatic rings. The molecule has 0 atom stereocenters. The molecule has 1 aromatic rings. The number of aliphatic carboxylic acids is 1. The van der Waals surface area contributed by atoms with Crippen molar-refractivity contribution >= 4 is 5.97 Å². The van der Waals surface area contributed by atoms with Crippen molar-refractivity contribution in [1.29, 1.82) is 0 Å². The van der Waals surface area contributed by atoms with E-state index < -0.39 is 5.97 Å². The molecule has 64 valence electrons. The van der Waals surface area contributed by atoms with Crippen LogP contribution in [0, 0.1) is 13.8 Å². The Hall–Kier alpha value is -0.310. The summed E-state index contributed by atoms with van der Waals surface area (Å²) < 4.78 is 0. The zero-order chi connectivity index (χ0) is 9.14. The quantitative estimate of drug-likeness (QED) is 0.483. The molecule has 0 saturated heterocycles. The molecule has 0 bridgehead atoms. The van der Waals surface area contributed by atoms with Crippen LogP contribution in [-0.4, -0.2) is 5.97 Å². The fraction of sp³-hybridized carbons (Fsp3) is 0.300. The molecule has 0 amide bonds. The number of hydrogen-bond donors (Lipinski definition) is 0. The molecule has 13 heavy (non-hydrogen) atoms. The minimum atomic E-state index is -1.02. The van der Waals surface area contributed by atoms with E-state index in [-0.39, 0.29) is 36.0 Å². The summed E-state index contributed by atoms with van der Waals surface area (Å²) in [4.78, 5) is 10.3. The van der Waals surface area contributed by atoms with Gasteiger partial charge in [-0.2, -0.15) is 0 Å². The smallest absolute Gasteiger partial charge is 0.550 e. The molecule has 0 unspecified atom stereocenters. The largest absolute Gasteiger partial charge is 1.00 e. The van der Waals surface area contributed by atoms with Crippen LogP contribution in [-0.2, 0) is 11.2 Å². The molecule has 0 spiro atoms. The molecule has 0 fully saturated rings. The summed E-state index contributed by atoms with van der Waals surface area (Å²) in [6, 6.07) is 5.77. The topological polar surface area (TPSA) is 40.1 Å². The molecule has 0 N–H and O–H groups in total. The number of carboxylic acids is 1. The number of hydrogen-bond acceptors (Lipinski definition) is 2. The molecule has 1 rings (SSSR count). The predicted octanol–water partition coefficient (Wildman–Crippen LogP) is -2.40. The van der Waals surface area contributed by atoms with Crippen molar-refractivity contribution in [3.05, 3.63) is 34.9 Å². The van der Waals surface area contributed by atoms with Crippen LogP contribution in [0.1, 0.15) is 16.7 Å². The van der Waals surface area contributed by atoms with E-state index in [0.717, 1.165) is 16.7 Å². The van der Waals surface area contributed by atoms with E-state index >= 15 is 0 Å². The Morgan fingerprint density at radius 1 is 1.38 bits per heavy atom. The molecular weight excluding hydrogens is 175 g/mol. The van der Waals surface area contributed by atoms with Gasteiger partial charge in [-0.3, -0.25) is 0 Å². The summed E-state index contributed by atoms with van der Waals surface area (Å²) in [6.07, 6.45) is 0.00745. The monoisotopic (exact) mass is 186 g/mol. The number of carbonyl (C=O) groups is 1. The second kappa shape index (κ2) is 5.43. The summed E-state index contributed by atoms with van der Waals surface area (Å²) in [5.41, 5.74) is 2.93. The average molecular weight is 186 g/mol. The van der Waals surface area contributed by atoms with Crippen LogP contribution in [0.3, 0.4) is 0 Å². The summed E-state index contributed by atoms with van der Waals surface area (Å²) in [6.45, 7) is 3.84. The van der Waals surface area contributed by atoms with Crippen LogP contribution in [0.2, 0.25) is 0 Å². The molecule has 3 heteroatoms. The first kappa shape index (κ1) is 12.7. The van der Waals surface area contributed by atoms with E-state index in [2.05, 4.69) is 0 Å². The van der Waals surface area contributed by atoms with Crippen molar-refractivity contribution in [2.75, 3.05) is 0 Å². The Morgan fingerprint density at radius 2 is 2.00 bits per heavy atom. The Labute approximate surface area is 100 Å². The molecule has 0 radical (unpaired) electrons. The standard InChI is InChI=1S/C10H12O2.Na/c1-7-3-4-8(2)9(5-7)6-10(11)12;/h3-5H,6H2,1-2H3,(H,11,12);/q;+1/p-1. The van der Waals surface area contributed by atoms with Crippen LogP contribution in [0.15, 0.2) is 18.2 Å². The predicted molar refractivity (Wildman–Crippen MR) is 44.6 cm³/mol. The van der Waals surface area contributed by atoms with Gasteiger partial charge in [0, 0.05) is 12.4 Å². The average Bonchev–Trinajstić information content (AvgIpc) is 1.96. The second-order valence-corrected chi connectivity index (χ2v) is 2.98. The fourth-order valence-corrected chi connectivity index (χ4v) is 1.15. The van der Waals surface area contributed by atoms with Crippen LogP contribution in [0.4, 0.5) is 0 Å². The van der Waals surface area contributed by atoms with Crippen molar-refractivity contribution in [3.8, 4) is 0 Å². The van der Waals surface area contributed by atoms with E-state index in [1.54, 1.807) is 0 Å². The first-order valence-electron chi connectivity index (χ1n) is 3.85. The van der Waals surface area contributed by atoms with E-state index in [9.17, 15) is 9.90 Å². The van der Waals surface area contributed by atoms with Crippen LogP contribution >= 0.6 is 0 Å². The normalized spacial score (nSPS) is 9.08. The first-order chi connectivity index (χ1) is 5.59. The van der Waals surface area contributed by atoms with E-state index in [1.165, 1.54) is 0 Å². The first-order valence-corrected chi connectivity index (χ1v) is 3.85. The molecule has 1 aromatic carbocycles. The number of carboxylic acid groups (broad SMARTS) is 1. The second-order valence-electron chi connectivity index (χ2n) is 2.98. The third kappa shape index (κ3) is 3.94. The fourth-order valence-electron chi connectivity index (χ4n) is 1.15. The van der Waals surface area contributed by atoms with Gasteiger partial charge in [0.05, 0.1) is 0 Å². The Balaban J connectivity index is 0.00000144. The molecular formula is C10H11NaO2. The third-order valence-corrected chi connectivity index (χ3v) is 1.84. The van der Waals surface area contributed by atoms with Gasteiger partial charge in [0.25, 0.3) is 0 Å². The maximum absolute atomic E-state index is 10.3. The maximum atomic E-state index is 10.3. The number of rotatable bonds is 2. The van der Waals surface area contributed by atoms with Gasteiger partial charge in [-0.05, 0) is 25.0 Å². The molecule has 0 aliphatic carbocycles. The molecule has 2 nitrogen and oxygen atoms in total. The Kier molecular flexibility index (Phi) is 5.30. The number of aryl methyl sites for hydroxylation is 2. The van der Waals surface area contributed by atoms with E-state index in [0.29, 0.717) is 0 Å².